The maximum absolute atomic E-state index is 14.1. The predicted octanol–water partition coefficient (Wildman–Crippen LogP) is 5.17. The van der Waals surface area contributed by atoms with Gasteiger partial charge in [0.1, 0.15) is 23.9 Å². The van der Waals surface area contributed by atoms with Crippen LogP contribution in [0.4, 0.5) is 14.9 Å². The summed E-state index contributed by atoms with van der Waals surface area (Å²) in [6, 6.07) is 14.6. The van der Waals surface area contributed by atoms with Crippen LogP contribution in [-0.4, -0.2) is 41.6 Å². The summed E-state index contributed by atoms with van der Waals surface area (Å²) in [5.41, 5.74) is 0.911. The van der Waals surface area contributed by atoms with Crippen molar-refractivity contribution in [1.82, 2.24) is 9.80 Å². The Hall–Kier alpha value is -4.01. The molecule has 3 aromatic rings. The predicted molar refractivity (Wildman–Crippen MR) is 132 cm³/mol. The molecule has 2 heterocycles. The van der Waals surface area contributed by atoms with Gasteiger partial charge in [-0.05, 0) is 54.8 Å². The monoisotopic (exact) mass is 495 g/mol. The van der Waals surface area contributed by atoms with Crippen molar-refractivity contribution in [3.05, 3.63) is 77.5 Å². The Morgan fingerprint density at radius 3 is 2.50 bits per heavy atom. The number of furan rings is 1. The van der Waals surface area contributed by atoms with E-state index in [1.807, 2.05) is 51.1 Å². The Morgan fingerprint density at radius 2 is 1.78 bits per heavy atom. The van der Waals surface area contributed by atoms with Gasteiger partial charge in [-0.15, -0.1) is 0 Å². The standard InChI is InChI=1S/C27H30FN3O5/c1-18(2)13-31(27(33)29-23-7-5-4-6-22(23)28)16-26(32)30(15-21-10-8-19(3)36-21)14-20-9-11-24-25(12-20)35-17-34-24/h4-12,18H,13-17H2,1-3H3,(H,29,33). The second-order valence-electron chi connectivity index (χ2n) is 9.13. The van der Waals surface area contributed by atoms with Crippen molar-refractivity contribution in [3.8, 4) is 11.5 Å². The van der Waals surface area contributed by atoms with Gasteiger partial charge in [0.15, 0.2) is 11.5 Å². The zero-order valence-corrected chi connectivity index (χ0v) is 20.6. The van der Waals surface area contributed by atoms with Crippen LogP contribution < -0.4 is 14.8 Å². The van der Waals surface area contributed by atoms with Crippen molar-refractivity contribution in [2.45, 2.75) is 33.9 Å². The number of urea groups is 1. The average Bonchev–Trinajstić information content (AvgIpc) is 3.47. The highest BCUT2D eigenvalue weighted by Crippen LogP contribution is 2.33. The molecule has 1 aliphatic rings. The molecule has 0 bridgehead atoms. The molecule has 36 heavy (non-hydrogen) atoms. The molecule has 0 spiro atoms. The van der Waals surface area contributed by atoms with Gasteiger partial charge in [0, 0.05) is 13.1 Å². The SMILES string of the molecule is Cc1ccc(CN(Cc2ccc3c(c2)OCO3)C(=O)CN(CC(C)C)C(=O)Nc2ccccc2F)o1. The number of carbonyl (C=O) groups excluding carboxylic acids is 2. The van der Waals surface area contributed by atoms with E-state index in [-0.39, 0.29) is 43.9 Å². The first-order valence-electron chi connectivity index (χ1n) is 11.8. The normalized spacial score (nSPS) is 12.0. The van der Waals surface area contributed by atoms with Crippen LogP contribution >= 0.6 is 0 Å². The van der Waals surface area contributed by atoms with Crippen molar-refractivity contribution in [1.29, 1.82) is 0 Å². The van der Waals surface area contributed by atoms with Crippen molar-refractivity contribution in [2.75, 3.05) is 25.2 Å². The minimum absolute atomic E-state index is 0.0620. The molecule has 4 rings (SSSR count). The highest BCUT2D eigenvalue weighted by molar-refractivity contribution is 5.92. The summed E-state index contributed by atoms with van der Waals surface area (Å²) in [4.78, 5) is 29.6. The number of hydrogen-bond donors (Lipinski definition) is 1. The first kappa shape index (κ1) is 25.1. The average molecular weight is 496 g/mol. The van der Waals surface area contributed by atoms with Crippen LogP contribution in [0.2, 0.25) is 0 Å². The van der Waals surface area contributed by atoms with Crippen molar-refractivity contribution < 1.29 is 27.9 Å². The molecule has 1 aliphatic heterocycles. The van der Waals surface area contributed by atoms with Crippen LogP contribution in [0.3, 0.4) is 0 Å². The maximum atomic E-state index is 14.1. The molecular weight excluding hydrogens is 465 g/mol. The number of carbonyl (C=O) groups is 2. The Labute approximate surface area is 209 Å². The van der Waals surface area contributed by atoms with Crippen LogP contribution in [-0.2, 0) is 17.9 Å². The van der Waals surface area contributed by atoms with Crippen LogP contribution in [0, 0.1) is 18.7 Å². The lowest BCUT2D eigenvalue weighted by atomic mass is 10.1. The van der Waals surface area contributed by atoms with Gasteiger partial charge in [0.05, 0.1) is 12.2 Å². The molecule has 9 heteroatoms. The van der Waals surface area contributed by atoms with Gasteiger partial charge in [-0.2, -0.15) is 0 Å². The molecule has 0 saturated heterocycles. The third kappa shape index (κ3) is 6.35. The lowest BCUT2D eigenvalue weighted by Crippen LogP contribution is -2.45. The lowest BCUT2D eigenvalue weighted by molar-refractivity contribution is -0.133. The van der Waals surface area contributed by atoms with E-state index in [0.717, 1.165) is 11.3 Å². The third-order valence-electron chi connectivity index (χ3n) is 5.62. The molecule has 0 radical (unpaired) electrons. The molecule has 190 valence electrons. The zero-order chi connectivity index (χ0) is 25.7. The minimum atomic E-state index is -0.543. The number of nitrogens with one attached hydrogen (secondary N) is 1. The van der Waals surface area contributed by atoms with Crippen LogP contribution in [0.1, 0.15) is 30.9 Å². The van der Waals surface area contributed by atoms with Crippen LogP contribution in [0.15, 0.2) is 59.0 Å². The van der Waals surface area contributed by atoms with E-state index in [1.54, 1.807) is 17.0 Å². The second-order valence-corrected chi connectivity index (χ2v) is 9.13. The van der Waals surface area contributed by atoms with Crippen LogP contribution in [0.25, 0.3) is 0 Å². The first-order chi connectivity index (χ1) is 17.3. The molecule has 8 nitrogen and oxygen atoms in total. The second kappa shape index (κ2) is 11.2. The van der Waals surface area contributed by atoms with E-state index >= 15 is 0 Å². The van der Waals surface area contributed by atoms with Gasteiger partial charge < -0.3 is 29.0 Å². The van der Waals surface area contributed by atoms with Gasteiger partial charge in [0.2, 0.25) is 12.7 Å². The van der Waals surface area contributed by atoms with E-state index in [4.69, 9.17) is 13.9 Å². The Balaban J connectivity index is 1.53. The Kier molecular flexibility index (Phi) is 7.77. The van der Waals surface area contributed by atoms with Crippen molar-refractivity contribution >= 4 is 17.6 Å². The highest BCUT2D eigenvalue weighted by Gasteiger charge is 2.25. The third-order valence-corrected chi connectivity index (χ3v) is 5.62. The van der Waals surface area contributed by atoms with Gasteiger partial charge >= 0.3 is 6.03 Å². The first-order valence-corrected chi connectivity index (χ1v) is 11.8. The molecule has 1 N–H and O–H groups in total. The topological polar surface area (TPSA) is 84.2 Å². The summed E-state index contributed by atoms with van der Waals surface area (Å²) in [7, 11) is 0. The molecule has 0 atom stereocenters. The van der Waals surface area contributed by atoms with E-state index in [2.05, 4.69) is 5.32 Å². The van der Waals surface area contributed by atoms with Gasteiger partial charge in [-0.25, -0.2) is 9.18 Å². The van der Waals surface area contributed by atoms with E-state index in [9.17, 15) is 14.0 Å². The molecule has 0 saturated carbocycles. The summed E-state index contributed by atoms with van der Waals surface area (Å²) >= 11 is 0. The van der Waals surface area contributed by atoms with Gasteiger partial charge in [-0.3, -0.25) is 4.79 Å². The summed E-state index contributed by atoms with van der Waals surface area (Å²) in [5.74, 6) is 1.94. The number of ether oxygens (including phenoxy) is 2. The minimum Gasteiger partial charge on any atom is -0.464 e. The molecule has 0 aliphatic carbocycles. The number of benzene rings is 2. The van der Waals surface area contributed by atoms with E-state index < -0.39 is 11.8 Å². The maximum Gasteiger partial charge on any atom is 0.322 e. The van der Waals surface area contributed by atoms with Crippen LogP contribution in [0.5, 0.6) is 11.5 Å². The quantitative estimate of drug-likeness (QED) is 0.443. The number of rotatable bonds is 9. The molecule has 1 aromatic heterocycles. The van der Waals surface area contributed by atoms with Crippen molar-refractivity contribution in [2.24, 2.45) is 5.92 Å². The molecule has 2 aromatic carbocycles. The number of fused-ring (bicyclic) bond motifs is 1. The zero-order valence-electron chi connectivity index (χ0n) is 20.6. The summed E-state index contributed by atoms with van der Waals surface area (Å²) in [5, 5.41) is 2.58. The fourth-order valence-corrected chi connectivity index (χ4v) is 3.93. The van der Waals surface area contributed by atoms with Gasteiger partial charge in [0.25, 0.3) is 0 Å². The number of nitrogens with zero attached hydrogens (tertiary/aromatic N) is 2. The Morgan fingerprint density at radius 1 is 1.00 bits per heavy atom. The lowest BCUT2D eigenvalue weighted by Gasteiger charge is -2.28. The summed E-state index contributed by atoms with van der Waals surface area (Å²) < 4.78 is 30.7. The number of para-hydroxylation sites is 1. The van der Waals surface area contributed by atoms with Crippen molar-refractivity contribution in [3.63, 3.8) is 0 Å². The van der Waals surface area contributed by atoms with E-state index in [1.165, 1.54) is 17.0 Å². The number of hydrogen-bond acceptors (Lipinski definition) is 5. The highest BCUT2D eigenvalue weighted by atomic mass is 19.1. The fraction of sp³-hybridized carbons (Fsp3) is 0.333. The number of halogens is 1. The molecule has 3 amide bonds. The largest absolute Gasteiger partial charge is 0.464 e. The number of anilines is 1. The fourth-order valence-electron chi connectivity index (χ4n) is 3.93. The summed E-state index contributed by atoms with van der Waals surface area (Å²) in [6.07, 6.45) is 0. The smallest absolute Gasteiger partial charge is 0.322 e. The molecular formula is C27H30FN3O5. The molecule has 0 fully saturated rings. The molecule has 0 unspecified atom stereocenters. The van der Waals surface area contributed by atoms with E-state index in [0.29, 0.717) is 23.8 Å². The summed E-state index contributed by atoms with van der Waals surface area (Å²) in [6.45, 7) is 6.55. The number of aryl methyl sites for hydroxylation is 1. The number of amides is 3. The van der Waals surface area contributed by atoms with Gasteiger partial charge in [-0.1, -0.05) is 32.0 Å². The Bertz CT molecular complexity index is 1230.